The summed E-state index contributed by atoms with van der Waals surface area (Å²) in [5, 5.41) is 10.2. The first kappa shape index (κ1) is 20.8. The number of thiazole rings is 1. The van der Waals surface area contributed by atoms with Crippen molar-refractivity contribution < 1.29 is 0 Å². The first-order chi connectivity index (χ1) is 13.7. The Bertz CT molecular complexity index is 732. The van der Waals surface area contributed by atoms with Crippen molar-refractivity contribution in [1.82, 2.24) is 20.5 Å². The van der Waals surface area contributed by atoms with Gasteiger partial charge >= 0.3 is 0 Å². The fourth-order valence-corrected chi connectivity index (χ4v) is 4.31. The van der Waals surface area contributed by atoms with Gasteiger partial charge in [0.05, 0.1) is 5.01 Å². The Morgan fingerprint density at radius 1 is 1.11 bits per heavy atom. The molecule has 1 aromatic carbocycles. The number of benzene rings is 1. The van der Waals surface area contributed by atoms with E-state index < -0.39 is 0 Å². The standard InChI is InChI=1S/C22H33N5S/c1-18-17-28-21(26-18)7-3-4-12-24-22(23-2)25-15-19-8-10-20(11-9-19)16-27-13-5-6-14-27/h8-11,17H,3-7,12-16H2,1-2H3,(H2,23,24,25). The molecule has 3 rings (SSSR count). The van der Waals surface area contributed by atoms with E-state index in [1.54, 1.807) is 11.3 Å². The van der Waals surface area contributed by atoms with Gasteiger partial charge in [-0.3, -0.25) is 9.89 Å². The highest BCUT2D eigenvalue weighted by Crippen LogP contribution is 2.13. The van der Waals surface area contributed by atoms with E-state index in [-0.39, 0.29) is 0 Å². The summed E-state index contributed by atoms with van der Waals surface area (Å²) in [5.74, 6) is 0.867. The SMILES string of the molecule is CN=C(NCCCCc1nc(C)cs1)NCc1ccc(CN2CCCC2)cc1. The van der Waals surface area contributed by atoms with Crippen molar-refractivity contribution in [3.05, 3.63) is 51.5 Å². The highest BCUT2D eigenvalue weighted by atomic mass is 32.1. The van der Waals surface area contributed by atoms with Crippen LogP contribution in [0.5, 0.6) is 0 Å². The maximum Gasteiger partial charge on any atom is 0.191 e. The minimum Gasteiger partial charge on any atom is -0.356 e. The highest BCUT2D eigenvalue weighted by molar-refractivity contribution is 7.09. The lowest BCUT2D eigenvalue weighted by Crippen LogP contribution is -2.37. The lowest BCUT2D eigenvalue weighted by molar-refractivity contribution is 0.331. The van der Waals surface area contributed by atoms with Crippen LogP contribution >= 0.6 is 11.3 Å². The van der Waals surface area contributed by atoms with Crippen molar-refractivity contribution in [2.45, 2.75) is 52.1 Å². The first-order valence-electron chi connectivity index (χ1n) is 10.4. The average molecular weight is 400 g/mol. The molecule has 0 amide bonds. The number of hydrogen-bond acceptors (Lipinski definition) is 4. The van der Waals surface area contributed by atoms with Gasteiger partial charge in [-0.2, -0.15) is 0 Å². The molecular formula is C22H33N5S. The van der Waals surface area contributed by atoms with Gasteiger partial charge in [0.2, 0.25) is 0 Å². The maximum absolute atomic E-state index is 4.52. The topological polar surface area (TPSA) is 52.6 Å². The third kappa shape index (κ3) is 6.91. The van der Waals surface area contributed by atoms with E-state index in [4.69, 9.17) is 0 Å². The highest BCUT2D eigenvalue weighted by Gasteiger charge is 2.11. The number of aliphatic imine (C=N–C) groups is 1. The smallest absolute Gasteiger partial charge is 0.191 e. The zero-order chi connectivity index (χ0) is 19.6. The zero-order valence-electron chi connectivity index (χ0n) is 17.2. The fraction of sp³-hybridized carbons (Fsp3) is 0.545. The molecule has 6 heteroatoms. The van der Waals surface area contributed by atoms with E-state index in [9.17, 15) is 0 Å². The molecule has 0 aliphatic carbocycles. The molecule has 1 aliphatic rings. The molecule has 2 heterocycles. The Morgan fingerprint density at radius 3 is 2.54 bits per heavy atom. The van der Waals surface area contributed by atoms with Crippen molar-refractivity contribution in [2.75, 3.05) is 26.7 Å². The lowest BCUT2D eigenvalue weighted by Gasteiger charge is -2.15. The molecule has 0 unspecified atom stereocenters. The molecule has 0 radical (unpaired) electrons. The second-order valence-corrected chi connectivity index (χ2v) is 8.43. The summed E-state index contributed by atoms with van der Waals surface area (Å²) in [7, 11) is 1.83. The molecule has 2 N–H and O–H groups in total. The number of aromatic nitrogens is 1. The van der Waals surface area contributed by atoms with Gasteiger partial charge in [0.15, 0.2) is 5.96 Å². The molecule has 5 nitrogen and oxygen atoms in total. The molecule has 0 saturated carbocycles. The van der Waals surface area contributed by atoms with Crippen molar-refractivity contribution in [3.8, 4) is 0 Å². The van der Waals surface area contributed by atoms with E-state index in [1.807, 2.05) is 7.05 Å². The van der Waals surface area contributed by atoms with Gasteiger partial charge in [0.1, 0.15) is 0 Å². The average Bonchev–Trinajstić information content (AvgIpc) is 3.37. The van der Waals surface area contributed by atoms with E-state index in [2.05, 4.69) is 62.1 Å². The molecule has 0 bridgehead atoms. The lowest BCUT2D eigenvalue weighted by atomic mass is 10.1. The second kappa shape index (κ2) is 11.2. The Kier molecular flexibility index (Phi) is 8.30. The van der Waals surface area contributed by atoms with Gasteiger partial charge in [-0.05, 0) is 63.2 Å². The van der Waals surface area contributed by atoms with Crippen molar-refractivity contribution >= 4 is 17.3 Å². The summed E-state index contributed by atoms with van der Waals surface area (Å²) in [4.78, 5) is 11.4. The van der Waals surface area contributed by atoms with Crippen LogP contribution in [0.15, 0.2) is 34.6 Å². The van der Waals surface area contributed by atoms with Gasteiger partial charge in [0, 0.05) is 37.8 Å². The van der Waals surface area contributed by atoms with Gasteiger partial charge in [0.25, 0.3) is 0 Å². The van der Waals surface area contributed by atoms with Crippen LogP contribution in [0, 0.1) is 6.92 Å². The minimum atomic E-state index is 0.794. The summed E-state index contributed by atoms with van der Waals surface area (Å²) < 4.78 is 0. The molecule has 1 saturated heterocycles. The Balaban J connectivity index is 1.32. The number of aryl methyl sites for hydroxylation is 2. The molecule has 1 fully saturated rings. The molecule has 2 aromatic rings. The van der Waals surface area contributed by atoms with Gasteiger partial charge in [-0.15, -0.1) is 11.3 Å². The largest absolute Gasteiger partial charge is 0.356 e. The van der Waals surface area contributed by atoms with Gasteiger partial charge in [-0.1, -0.05) is 24.3 Å². The number of rotatable bonds is 9. The third-order valence-corrected chi connectivity index (χ3v) is 6.11. The Hall–Kier alpha value is -1.92. The molecule has 0 spiro atoms. The number of nitrogens with one attached hydrogen (secondary N) is 2. The Morgan fingerprint density at radius 2 is 1.86 bits per heavy atom. The number of unbranched alkanes of at least 4 members (excludes halogenated alkanes) is 1. The molecule has 1 aromatic heterocycles. The second-order valence-electron chi connectivity index (χ2n) is 7.49. The Labute approximate surface area is 173 Å². The zero-order valence-corrected chi connectivity index (χ0v) is 18.0. The maximum atomic E-state index is 4.52. The van der Waals surface area contributed by atoms with E-state index in [0.29, 0.717) is 0 Å². The van der Waals surface area contributed by atoms with Crippen LogP contribution in [0.25, 0.3) is 0 Å². The van der Waals surface area contributed by atoms with Crippen LogP contribution in [0.4, 0.5) is 0 Å². The van der Waals surface area contributed by atoms with E-state index >= 15 is 0 Å². The first-order valence-corrected chi connectivity index (χ1v) is 11.3. The number of guanidine groups is 1. The predicted molar refractivity (Wildman–Crippen MR) is 119 cm³/mol. The minimum absolute atomic E-state index is 0.794. The quantitative estimate of drug-likeness (QED) is 0.383. The van der Waals surface area contributed by atoms with E-state index in [0.717, 1.165) is 50.6 Å². The molecule has 1 aliphatic heterocycles. The monoisotopic (exact) mass is 399 g/mol. The van der Waals surface area contributed by atoms with Crippen LogP contribution in [0.1, 0.15) is 47.5 Å². The normalized spacial score (nSPS) is 15.1. The molecule has 0 atom stereocenters. The number of hydrogen-bond donors (Lipinski definition) is 2. The van der Waals surface area contributed by atoms with Crippen LogP contribution in [-0.2, 0) is 19.5 Å². The number of nitrogens with zero attached hydrogens (tertiary/aromatic N) is 3. The summed E-state index contributed by atoms with van der Waals surface area (Å²) >= 11 is 1.76. The van der Waals surface area contributed by atoms with Crippen molar-refractivity contribution in [2.24, 2.45) is 4.99 Å². The molecular weight excluding hydrogens is 366 g/mol. The van der Waals surface area contributed by atoms with Gasteiger partial charge in [-0.25, -0.2) is 4.98 Å². The van der Waals surface area contributed by atoms with Crippen LogP contribution in [0.3, 0.4) is 0 Å². The third-order valence-electron chi connectivity index (χ3n) is 5.09. The molecule has 152 valence electrons. The summed E-state index contributed by atoms with van der Waals surface area (Å²) in [6, 6.07) is 8.96. The van der Waals surface area contributed by atoms with Crippen LogP contribution in [-0.4, -0.2) is 42.5 Å². The molecule has 28 heavy (non-hydrogen) atoms. The predicted octanol–water partition coefficient (Wildman–Crippen LogP) is 3.74. The van der Waals surface area contributed by atoms with Crippen molar-refractivity contribution in [1.29, 1.82) is 0 Å². The fourth-order valence-electron chi connectivity index (χ4n) is 3.49. The van der Waals surface area contributed by atoms with Gasteiger partial charge < -0.3 is 10.6 Å². The van der Waals surface area contributed by atoms with Crippen LogP contribution < -0.4 is 10.6 Å². The van der Waals surface area contributed by atoms with Crippen LogP contribution in [0.2, 0.25) is 0 Å². The van der Waals surface area contributed by atoms with E-state index in [1.165, 1.54) is 42.1 Å². The summed E-state index contributed by atoms with van der Waals surface area (Å²) in [5.41, 5.74) is 3.82. The van der Waals surface area contributed by atoms with Crippen molar-refractivity contribution in [3.63, 3.8) is 0 Å². The number of likely N-dealkylation sites (tertiary alicyclic amines) is 1. The summed E-state index contributed by atoms with van der Waals surface area (Å²) in [6.45, 7) is 7.35. The summed E-state index contributed by atoms with van der Waals surface area (Å²) in [6.07, 6.45) is 6.02.